The molecule has 2 aliphatic rings. The van der Waals surface area contributed by atoms with Gasteiger partial charge in [-0.2, -0.15) is 0 Å². The molecule has 0 aliphatic heterocycles. The summed E-state index contributed by atoms with van der Waals surface area (Å²) in [5.41, 5.74) is 5.85. The Morgan fingerprint density at radius 1 is 1.10 bits per heavy atom. The molecule has 5 nitrogen and oxygen atoms in total. The molecule has 0 amide bonds. The van der Waals surface area contributed by atoms with Crippen molar-refractivity contribution >= 4 is 5.95 Å². The molecule has 2 N–H and O–H groups in total. The van der Waals surface area contributed by atoms with Crippen LogP contribution in [0.5, 0.6) is 0 Å². The van der Waals surface area contributed by atoms with Crippen LogP contribution in [0, 0.1) is 6.92 Å². The van der Waals surface area contributed by atoms with E-state index >= 15 is 0 Å². The number of aliphatic hydroxyl groups excluding tert-OH is 1. The Kier molecular flexibility index (Phi) is 4.70. The fourth-order valence-electron chi connectivity index (χ4n) is 5.25. The Labute approximate surface area is 176 Å². The average Bonchev–Trinajstić information content (AvgIpc) is 3.21. The summed E-state index contributed by atoms with van der Waals surface area (Å²) in [5.74, 6) is 0.488. The number of aliphatic hydroxyl groups is 1. The Bertz CT molecular complexity index is 1140. The third-order valence-electron chi connectivity index (χ3n) is 6.66. The number of hydrogen-bond donors (Lipinski definition) is 2. The fourth-order valence-corrected chi connectivity index (χ4v) is 5.25. The van der Waals surface area contributed by atoms with Crippen LogP contribution in [0.3, 0.4) is 0 Å². The van der Waals surface area contributed by atoms with E-state index in [1.165, 1.54) is 5.56 Å². The number of benzene rings is 2. The molecule has 1 fully saturated rings. The molecule has 0 radical (unpaired) electrons. The number of fused-ring (bicyclic) bond motifs is 4. The molecular weight excluding hydrogens is 374 g/mol. The van der Waals surface area contributed by atoms with E-state index in [1.807, 2.05) is 37.3 Å². The monoisotopic (exact) mass is 401 g/mol. The number of aromatic nitrogens is 2. The zero-order chi connectivity index (χ0) is 20.7. The van der Waals surface area contributed by atoms with Gasteiger partial charge in [0.15, 0.2) is 0 Å². The van der Waals surface area contributed by atoms with Crippen LogP contribution in [-0.4, -0.2) is 27.8 Å². The van der Waals surface area contributed by atoms with E-state index in [-0.39, 0.29) is 17.6 Å². The minimum absolute atomic E-state index is 0.0145. The van der Waals surface area contributed by atoms with Crippen molar-refractivity contribution in [3.63, 3.8) is 0 Å². The van der Waals surface area contributed by atoms with Gasteiger partial charge < -0.3 is 10.4 Å². The summed E-state index contributed by atoms with van der Waals surface area (Å²) < 4.78 is 1.70. The maximum absolute atomic E-state index is 14.1. The van der Waals surface area contributed by atoms with E-state index in [9.17, 15) is 9.90 Å². The lowest BCUT2D eigenvalue weighted by atomic mass is 9.68. The van der Waals surface area contributed by atoms with Gasteiger partial charge in [-0.25, -0.2) is 9.55 Å². The molecule has 30 heavy (non-hydrogen) atoms. The molecule has 0 bridgehead atoms. The third kappa shape index (κ3) is 2.96. The summed E-state index contributed by atoms with van der Waals surface area (Å²) >= 11 is 0. The summed E-state index contributed by atoms with van der Waals surface area (Å²) in [6, 6.07) is 16.3. The SMILES string of the molecule is Cc1ccc(-n2c(NCCO)nc3c(c2=O)C2(CCCC2)Cc2ccccc2-3)cc1. The van der Waals surface area contributed by atoms with Gasteiger partial charge in [-0.05, 0) is 43.9 Å². The number of rotatable bonds is 4. The minimum atomic E-state index is -0.129. The van der Waals surface area contributed by atoms with E-state index in [2.05, 4.69) is 23.5 Å². The maximum Gasteiger partial charge on any atom is 0.263 e. The molecule has 1 spiro atoms. The van der Waals surface area contributed by atoms with E-state index in [4.69, 9.17) is 4.98 Å². The van der Waals surface area contributed by atoms with Crippen molar-refractivity contribution in [2.45, 2.75) is 44.4 Å². The number of anilines is 1. The third-order valence-corrected chi connectivity index (χ3v) is 6.66. The second-order valence-corrected chi connectivity index (χ2v) is 8.61. The van der Waals surface area contributed by atoms with Crippen LogP contribution in [0.15, 0.2) is 53.3 Å². The lowest BCUT2D eigenvalue weighted by Gasteiger charge is -2.36. The first-order chi connectivity index (χ1) is 14.6. The standard InChI is InChI=1S/C25H27N3O2/c1-17-8-10-19(11-9-17)28-23(30)21-22(27-24(28)26-14-15-29)20-7-3-2-6-18(20)16-25(21)12-4-5-13-25/h2-3,6-11,29H,4-5,12-16H2,1H3,(H,26,27). The van der Waals surface area contributed by atoms with Crippen LogP contribution < -0.4 is 10.9 Å². The number of hydrogen-bond acceptors (Lipinski definition) is 4. The van der Waals surface area contributed by atoms with Crippen LogP contribution in [-0.2, 0) is 11.8 Å². The number of aryl methyl sites for hydroxylation is 1. The van der Waals surface area contributed by atoms with Crippen molar-refractivity contribution in [2.75, 3.05) is 18.5 Å². The molecule has 1 heterocycles. The van der Waals surface area contributed by atoms with Gasteiger partial charge >= 0.3 is 0 Å². The van der Waals surface area contributed by atoms with Crippen LogP contribution in [0.2, 0.25) is 0 Å². The van der Waals surface area contributed by atoms with Crippen LogP contribution >= 0.6 is 0 Å². The van der Waals surface area contributed by atoms with E-state index in [0.29, 0.717) is 12.5 Å². The van der Waals surface area contributed by atoms with Gasteiger partial charge in [-0.15, -0.1) is 0 Å². The van der Waals surface area contributed by atoms with Crippen LogP contribution in [0.4, 0.5) is 5.95 Å². The van der Waals surface area contributed by atoms with E-state index in [0.717, 1.165) is 60.2 Å². The predicted molar refractivity (Wildman–Crippen MR) is 119 cm³/mol. The zero-order valence-corrected chi connectivity index (χ0v) is 17.3. The van der Waals surface area contributed by atoms with E-state index in [1.54, 1.807) is 4.57 Å². The Morgan fingerprint density at radius 3 is 2.57 bits per heavy atom. The number of nitrogens with one attached hydrogen (secondary N) is 1. The van der Waals surface area contributed by atoms with Gasteiger partial charge in [0.1, 0.15) is 0 Å². The van der Waals surface area contributed by atoms with Gasteiger partial charge in [0.05, 0.1) is 23.6 Å². The molecule has 3 aromatic rings. The molecule has 0 unspecified atom stereocenters. The highest BCUT2D eigenvalue weighted by molar-refractivity contribution is 5.73. The Balaban J connectivity index is 1.82. The van der Waals surface area contributed by atoms with Gasteiger partial charge in [0, 0.05) is 17.5 Å². The van der Waals surface area contributed by atoms with Crippen LogP contribution in [0.25, 0.3) is 16.9 Å². The molecule has 5 heteroatoms. The van der Waals surface area contributed by atoms with Gasteiger partial charge in [-0.1, -0.05) is 54.8 Å². The smallest absolute Gasteiger partial charge is 0.263 e. The highest BCUT2D eigenvalue weighted by Gasteiger charge is 2.44. The first-order valence-corrected chi connectivity index (χ1v) is 10.8. The molecule has 154 valence electrons. The molecule has 2 aliphatic carbocycles. The lowest BCUT2D eigenvalue weighted by Crippen LogP contribution is -2.40. The summed E-state index contributed by atoms with van der Waals surface area (Å²) in [6.45, 7) is 2.35. The Hall–Kier alpha value is -2.92. The average molecular weight is 402 g/mol. The lowest BCUT2D eigenvalue weighted by molar-refractivity contribution is 0.310. The molecule has 5 rings (SSSR count). The number of nitrogens with zero attached hydrogens (tertiary/aromatic N) is 2. The van der Waals surface area contributed by atoms with Crippen molar-refractivity contribution in [1.82, 2.24) is 9.55 Å². The van der Waals surface area contributed by atoms with Crippen LogP contribution in [0.1, 0.15) is 42.4 Å². The molecule has 2 aromatic carbocycles. The van der Waals surface area contributed by atoms with E-state index < -0.39 is 0 Å². The van der Waals surface area contributed by atoms with Crippen molar-refractivity contribution in [2.24, 2.45) is 0 Å². The quantitative estimate of drug-likeness (QED) is 0.694. The molecule has 1 saturated carbocycles. The van der Waals surface area contributed by atoms with Crippen molar-refractivity contribution < 1.29 is 5.11 Å². The minimum Gasteiger partial charge on any atom is -0.395 e. The van der Waals surface area contributed by atoms with Crippen molar-refractivity contribution in [1.29, 1.82) is 0 Å². The first-order valence-electron chi connectivity index (χ1n) is 10.8. The summed E-state index contributed by atoms with van der Waals surface area (Å²) in [4.78, 5) is 19.1. The zero-order valence-electron chi connectivity index (χ0n) is 17.3. The summed E-state index contributed by atoms with van der Waals surface area (Å²) in [6.07, 6.45) is 5.27. The Morgan fingerprint density at radius 2 is 1.83 bits per heavy atom. The first kappa shape index (κ1) is 19.1. The topological polar surface area (TPSA) is 67.2 Å². The molecule has 0 saturated heterocycles. The van der Waals surface area contributed by atoms with Crippen molar-refractivity contribution in [3.8, 4) is 16.9 Å². The van der Waals surface area contributed by atoms with Gasteiger partial charge in [0.25, 0.3) is 5.56 Å². The normalized spacial score (nSPS) is 16.3. The second kappa shape index (κ2) is 7.40. The van der Waals surface area contributed by atoms with Gasteiger partial charge in [0.2, 0.25) is 5.95 Å². The second-order valence-electron chi connectivity index (χ2n) is 8.61. The van der Waals surface area contributed by atoms with Crippen molar-refractivity contribution in [3.05, 3.63) is 75.6 Å². The largest absolute Gasteiger partial charge is 0.395 e. The summed E-state index contributed by atoms with van der Waals surface area (Å²) in [5, 5.41) is 12.6. The van der Waals surface area contributed by atoms with Gasteiger partial charge in [-0.3, -0.25) is 4.79 Å². The maximum atomic E-state index is 14.1. The molecule has 0 atom stereocenters. The highest BCUT2D eigenvalue weighted by Crippen LogP contribution is 2.49. The molecule has 1 aromatic heterocycles. The highest BCUT2D eigenvalue weighted by atomic mass is 16.3. The molecular formula is C25H27N3O2. The summed E-state index contributed by atoms with van der Waals surface area (Å²) in [7, 11) is 0. The fraction of sp³-hybridized carbons (Fsp3) is 0.360. The predicted octanol–water partition coefficient (Wildman–Crippen LogP) is 3.98.